The van der Waals surface area contributed by atoms with Gasteiger partial charge in [-0.15, -0.1) is 12.4 Å². The van der Waals surface area contributed by atoms with Gasteiger partial charge in [-0.05, 0) is 47.5 Å². The first kappa shape index (κ1) is 20.3. The molecule has 21 heavy (non-hydrogen) atoms. The van der Waals surface area contributed by atoms with Gasteiger partial charge in [-0.3, -0.25) is 4.79 Å². The fraction of sp³-hybridized carbons (Fsp3) is 0.417. The van der Waals surface area contributed by atoms with Gasteiger partial charge in [0.2, 0.25) is 15.9 Å². The minimum atomic E-state index is -3.64. The predicted octanol–water partition coefficient (Wildman–Crippen LogP) is 1.76. The van der Waals surface area contributed by atoms with E-state index in [4.69, 9.17) is 5.73 Å². The van der Waals surface area contributed by atoms with Gasteiger partial charge in [0.25, 0.3) is 0 Å². The zero-order chi connectivity index (χ0) is 15.5. The molecule has 1 aromatic rings. The van der Waals surface area contributed by atoms with Crippen LogP contribution in [0, 0.1) is 6.92 Å². The van der Waals surface area contributed by atoms with E-state index in [1.165, 1.54) is 13.0 Å². The van der Waals surface area contributed by atoms with Crippen LogP contribution in [0.15, 0.2) is 21.5 Å². The van der Waals surface area contributed by atoms with Crippen LogP contribution in [0.5, 0.6) is 0 Å². The molecule has 1 atom stereocenters. The van der Waals surface area contributed by atoms with Crippen molar-refractivity contribution in [2.75, 3.05) is 11.9 Å². The summed E-state index contributed by atoms with van der Waals surface area (Å²) >= 11 is 3.25. The van der Waals surface area contributed by atoms with Crippen LogP contribution in [0.1, 0.15) is 19.4 Å². The molecule has 4 N–H and O–H groups in total. The lowest BCUT2D eigenvalue weighted by molar-refractivity contribution is -0.114. The summed E-state index contributed by atoms with van der Waals surface area (Å²) in [5.74, 6) is -0.226. The van der Waals surface area contributed by atoms with E-state index in [-0.39, 0.29) is 35.8 Å². The molecule has 6 nitrogen and oxygen atoms in total. The molecular formula is C12H19BrClN3O3S. The van der Waals surface area contributed by atoms with E-state index < -0.39 is 10.0 Å². The smallest absolute Gasteiger partial charge is 0.241 e. The van der Waals surface area contributed by atoms with Gasteiger partial charge >= 0.3 is 0 Å². The summed E-state index contributed by atoms with van der Waals surface area (Å²) in [5.41, 5.74) is 6.48. The quantitative estimate of drug-likeness (QED) is 0.701. The Morgan fingerprint density at radius 2 is 2.00 bits per heavy atom. The number of amides is 1. The second kappa shape index (κ2) is 8.09. The van der Waals surface area contributed by atoms with Crippen LogP contribution >= 0.6 is 28.3 Å². The number of anilines is 1. The Morgan fingerprint density at radius 1 is 1.43 bits per heavy atom. The van der Waals surface area contributed by atoms with Gasteiger partial charge in [0.15, 0.2) is 0 Å². The second-order valence-electron chi connectivity index (χ2n) is 4.54. The summed E-state index contributed by atoms with van der Waals surface area (Å²) in [6, 6.07) is 2.72. The predicted molar refractivity (Wildman–Crippen MR) is 89.3 cm³/mol. The first-order valence-electron chi connectivity index (χ1n) is 5.97. The molecule has 0 saturated carbocycles. The highest BCUT2D eigenvalue weighted by Gasteiger charge is 2.20. The molecule has 1 aromatic carbocycles. The first-order chi connectivity index (χ1) is 9.17. The molecule has 0 spiro atoms. The third-order valence-corrected chi connectivity index (χ3v) is 4.96. The zero-order valence-electron chi connectivity index (χ0n) is 11.9. The Kier molecular flexibility index (Phi) is 7.83. The summed E-state index contributed by atoms with van der Waals surface area (Å²) in [7, 11) is -3.64. The summed E-state index contributed by atoms with van der Waals surface area (Å²) in [6.45, 7) is 4.95. The molecule has 9 heteroatoms. The number of hydrogen-bond acceptors (Lipinski definition) is 4. The van der Waals surface area contributed by atoms with Crippen LogP contribution < -0.4 is 15.8 Å². The summed E-state index contributed by atoms with van der Waals surface area (Å²) < 4.78 is 27.5. The minimum absolute atomic E-state index is 0. The van der Waals surface area contributed by atoms with E-state index >= 15 is 0 Å². The van der Waals surface area contributed by atoms with Crippen LogP contribution in [-0.2, 0) is 14.8 Å². The molecule has 1 amide bonds. The van der Waals surface area contributed by atoms with Gasteiger partial charge in [0.1, 0.15) is 0 Å². The average molecular weight is 401 g/mol. The number of carbonyl (C=O) groups is 1. The lowest BCUT2D eigenvalue weighted by Gasteiger charge is -2.15. The van der Waals surface area contributed by atoms with Crippen molar-refractivity contribution in [1.29, 1.82) is 0 Å². The second-order valence-corrected chi connectivity index (χ2v) is 7.07. The Labute approximate surface area is 139 Å². The molecule has 0 aromatic heterocycles. The molecule has 0 aliphatic carbocycles. The molecule has 0 aliphatic rings. The Hall–Kier alpha value is -0.670. The molecule has 0 bridgehead atoms. The number of rotatable bonds is 5. The summed E-state index contributed by atoms with van der Waals surface area (Å²) in [4.78, 5) is 11.2. The van der Waals surface area contributed by atoms with E-state index in [1.54, 1.807) is 19.9 Å². The SMILES string of the molecule is CC(=O)Nc1cc(C)c(S(=O)(=O)N[C@@H](C)CN)cc1Br.Cl. The molecule has 0 unspecified atom stereocenters. The van der Waals surface area contributed by atoms with Gasteiger partial charge < -0.3 is 11.1 Å². The van der Waals surface area contributed by atoms with Gasteiger partial charge in [-0.25, -0.2) is 13.1 Å². The van der Waals surface area contributed by atoms with Crippen LogP contribution in [0.25, 0.3) is 0 Å². The van der Waals surface area contributed by atoms with Gasteiger partial charge in [0.05, 0.1) is 10.6 Å². The standard InChI is InChI=1S/C12H18BrN3O3S.ClH/c1-7-4-11(15-9(3)17)10(13)5-12(7)20(18,19)16-8(2)6-14;/h4-5,8,16H,6,14H2,1-3H3,(H,15,17);1H/t8-;/m0./s1. The summed E-state index contributed by atoms with van der Waals surface area (Å²) in [6.07, 6.45) is 0. The Balaban J connectivity index is 0.00000400. The molecule has 0 saturated heterocycles. The number of nitrogens with two attached hydrogens (primary N) is 1. The number of benzene rings is 1. The van der Waals surface area contributed by atoms with Crippen molar-refractivity contribution in [1.82, 2.24) is 4.72 Å². The lowest BCUT2D eigenvalue weighted by Crippen LogP contribution is -2.38. The van der Waals surface area contributed by atoms with E-state index in [0.29, 0.717) is 15.7 Å². The highest BCUT2D eigenvalue weighted by atomic mass is 79.9. The molecule has 0 aliphatic heterocycles. The van der Waals surface area contributed by atoms with Crippen molar-refractivity contribution in [3.8, 4) is 0 Å². The summed E-state index contributed by atoms with van der Waals surface area (Å²) in [5, 5.41) is 2.62. The number of carbonyl (C=O) groups excluding carboxylic acids is 1. The topological polar surface area (TPSA) is 101 Å². The number of hydrogen-bond donors (Lipinski definition) is 3. The average Bonchev–Trinajstić information content (AvgIpc) is 2.31. The molecule has 120 valence electrons. The van der Waals surface area contributed by atoms with Crippen LogP contribution in [0.3, 0.4) is 0 Å². The maximum absolute atomic E-state index is 12.2. The van der Waals surface area contributed by atoms with Crippen molar-refractivity contribution in [2.45, 2.75) is 31.7 Å². The molecular weight excluding hydrogens is 382 g/mol. The van der Waals surface area contributed by atoms with Crippen molar-refractivity contribution >= 4 is 50.0 Å². The minimum Gasteiger partial charge on any atom is -0.329 e. The van der Waals surface area contributed by atoms with Gasteiger partial charge in [-0.1, -0.05) is 0 Å². The largest absolute Gasteiger partial charge is 0.329 e. The number of sulfonamides is 1. The Morgan fingerprint density at radius 3 is 2.48 bits per heavy atom. The van der Waals surface area contributed by atoms with Gasteiger partial charge in [-0.2, -0.15) is 0 Å². The first-order valence-corrected chi connectivity index (χ1v) is 8.25. The van der Waals surface area contributed by atoms with Crippen molar-refractivity contribution < 1.29 is 13.2 Å². The van der Waals surface area contributed by atoms with Crippen molar-refractivity contribution in [2.24, 2.45) is 5.73 Å². The maximum Gasteiger partial charge on any atom is 0.241 e. The third-order valence-electron chi connectivity index (χ3n) is 2.57. The van der Waals surface area contributed by atoms with Crippen molar-refractivity contribution in [3.63, 3.8) is 0 Å². The normalized spacial score (nSPS) is 12.4. The van der Waals surface area contributed by atoms with Gasteiger partial charge in [0, 0.05) is 24.0 Å². The molecule has 1 rings (SSSR count). The van der Waals surface area contributed by atoms with Crippen LogP contribution in [0.4, 0.5) is 5.69 Å². The monoisotopic (exact) mass is 399 g/mol. The number of halogens is 2. The number of nitrogens with one attached hydrogen (secondary N) is 2. The van der Waals surface area contributed by atoms with E-state index in [1.807, 2.05) is 0 Å². The van der Waals surface area contributed by atoms with Crippen LogP contribution in [-0.4, -0.2) is 26.9 Å². The molecule has 0 heterocycles. The number of aryl methyl sites for hydroxylation is 1. The third kappa shape index (κ3) is 5.55. The lowest BCUT2D eigenvalue weighted by atomic mass is 10.2. The van der Waals surface area contributed by atoms with E-state index in [2.05, 4.69) is 26.0 Å². The molecule has 0 fully saturated rings. The van der Waals surface area contributed by atoms with E-state index in [0.717, 1.165) is 0 Å². The van der Waals surface area contributed by atoms with E-state index in [9.17, 15) is 13.2 Å². The molecule has 0 radical (unpaired) electrons. The highest BCUT2D eigenvalue weighted by molar-refractivity contribution is 9.10. The van der Waals surface area contributed by atoms with Crippen molar-refractivity contribution in [3.05, 3.63) is 22.2 Å². The maximum atomic E-state index is 12.2. The Bertz CT molecular complexity index is 622. The van der Waals surface area contributed by atoms with Crippen LogP contribution in [0.2, 0.25) is 0 Å². The highest BCUT2D eigenvalue weighted by Crippen LogP contribution is 2.29. The zero-order valence-corrected chi connectivity index (χ0v) is 15.2. The fourth-order valence-corrected chi connectivity index (χ4v) is 3.72. The fourth-order valence-electron chi connectivity index (χ4n) is 1.61.